The number of benzene rings is 1. The van der Waals surface area contributed by atoms with Gasteiger partial charge < -0.3 is 15.5 Å². The van der Waals surface area contributed by atoms with Crippen LogP contribution in [0.25, 0.3) is 0 Å². The fraction of sp³-hybridized carbons (Fsp3) is 0.429. The lowest BCUT2D eigenvalue weighted by Gasteiger charge is -2.23. The van der Waals surface area contributed by atoms with E-state index >= 15 is 0 Å². The number of nitro benzene ring substituents is 1. The summed E-state index contributed by atoms with van der Waals surface area (Å²) in [6.45, 7) is 5.37. The summed E-state index contributed by atoms with van der Waals surface area (Å²) in [6.07, 6.45) is 0. The van der Waals surface area contributed by atoms with Gasteiger partial charge in [-0.3, -0.25) is 14.9 Å². The molecular weight excluding hydrogens is 324 g/mol. The van der Waals surface area contributed by atoms with E-state index in [1.54, 1.807) is 0 Å². The number of nitrogens with one attached hydrogen (secondary N) is 2. The Labute approximate surface area is 138 Å². The number of rotatable bonds is 4. The maximum atomic E-state index is 12.0. The van der Waals surface area contributed by atoms with Crippen molar-refractivity contribution in [1.82, 2.24) is 10.2 Å². The van der Waals surface area contributed by atoms with Crippen molar-refractivity contribution in [2.24, 2.45) is 0 Å². The van der Waals surface area contributed by atoms with E-state index in [0.29, 0.717) is 0 Å². The minimum atomic E-state index is -0.583. The van der Waals surface area contributed by atoms with E-state index in [1.165, 1.54) is 24.1 Å². The predicted molar refractivity (Wildman–Crippen MR) is 87.7 cm³/mol. The van der Waals surface area contributed by atoms with Crippen LogP contribution in [0.4, 0.5) is 16.2 Å². The molecule has 9 heteroatoms. The summed E-state index contributed by atoms with van der Waals surface area (Å²) >= 11 is 5.90. The molecule has 0 aliphatic carbocycles. The number of halogens is 1. The quantitative estimate of drug-likeness (QED) is 0.648. The zero-order valence-electron chi connectivity index (χ0n) is 13.3. The summed E-state index contributed by atoms with van der Waals surface area (Å²) < 4.78 is 0. The SMILES string of the molecule is CN(CC(=O)NC(C)(C)C)C(=O)Nc1ccc([N+](=O)[O-])cc1Cl. The Morgan fingerprint density at radius 3 is 2.43 bits per heavy atom. The number of carbonyl (C=O) groups excluding carboxylic acids is 2. The number of urea groups is 1. The van der Waals surface area contributed by atoms with Gasteiger partial charge in [0.15, 0.2) is 0 Å². The van der Waals surface area contributed by atoms with E-state index in [0.717, 1.165) is 6.07 Å². The lowest BCUT2D eigenvalue weighted by molar-refractivity contribution is -0.384. The molecule has 0 heterocycles. The zero-order chi connectivity index (χ0) is 17.8. The first-order valence-corrected chi connectivity index (χ1v) is 7.14. The van der Waals surface area contributed by atoms with Gasteiger partial charge in [0.2, 0.25) is 5.91 Å². The van der Waals surface area contributed by atoms with E-state index < -0.39 is 16.5 Å². The highest BCUT2D eigenvalue weighted by molar-refractivity contribution is 6.33. The van der Waals surface area contributed by atoms with Crippen molar-refractivity contribution in [1.29, 1.82) is 0 Å². The minimum absolute atomic E-state index is 0.0418. The Bertz CT molecular complexity index is 628. The number of anilines is 1. The molecule has 126 valence electrons. The number of amides is 3. The molecule has 0 aromatic heterocycles. The second-order valence-corrected chi connectivity index (χ2v) is 6.41. The lowest BCUT2D eigenvalue weighted by atomic mass is 10.1. The molecular formula is C14H19ClN4O4. The molecule has 2 N–H and O–H groups in total. The van der Waals surface area contributed by atoms with Crippen molar-refractivity contribution in [3.63, 3.8) is 0 Å². The number of carbonyl (C=O) groups is 2. The highest BCUT2D eigenvalue weighted by atomic mass is 35.5. The smallest absolute Gasteiger partial charge is 0.322 e. The molecule has 0 fully saturated rings. The molecule has 8 nitrogen and oxygen atoms in total. The van der Waals surface area contributed by atoms with Crippen LogP contribution in [0.15, 0.2) is 18.2 Å². The van der Waals surface area contributed by atoms with Gasteiger partial charge in [0, 0.05) is 24.7 Å². The van der Waals surface area contributed by atoms with Gasteiger partial charge >= 0.3 is 6.03 Å². The van der Waals surface area contributed by atoms with Gasteiger partial charge in [0.05, 0.1) is 15.6 Å². The van der Waals surface area contributed by atoms with Crippen LogP contribution in [0.2, 0.25) is 5.02 Å². The molecule has 1 aromatic rings. The number of non-ortho nitro benzene ring substituents is 1. The van der Waals surface area contributed by atoms with Crippen LogP contribution in [0.3, 0.4) is 0 Å². The van der Waals surface area contributed by atoms with Crippen molar-refractivity contribution in [2.75, 3.05) is 18.9 Å². The normalized spacial score (nSPS) is 10.8. The van der Waals surface area contributed by atoms with Crippen LogP contribution in [-0.4, -0.2) is 40.9 Å². The summed E-state index contributed by atoms with van der Waals surface area (Å²) in [6, 6.07) is 3.16. The third kappa shape index (κ3) is 6.11. The fourth-order valence-corrected chi connectivity index (χ4v) is 1.90. The average molecular weight is 343 g/mol. The third-order valence-electron chi connectivity index (χ3n) is 2.65. The van der Waals surface area contributed by atoms with Crippen molar-refractivity contribution in [2.45, 2.75) is 26.3 Å². The summed E-state index contributed by atoms with van der Waals surface area (Å²) in [5, 5.41) is 15.9. The molecule has 0 saturated carbocycles. The number of likely N-dealkylation sites (N-methyl/N-ethyl adjacent to an activating group) is 1. The summed E-state index contributed by atoms with van der Waals surface area (Å²) in [5.41, 5.74) is -0.341. The van der Waals surface area contributed by atoms with Crippen LogP contribution in [0.1, 0.15) is 20.8 Å². The van der Waals surface area contributed by atoms with Crippen LogP contribution >= 0.6 is 11.6 Å². The Morgan fingerprint density at radius 1 is 1.35 bits per heavy atom. The van der Waals surface area contributed by atoms with E-state index in [2.05, 4.69) is 10.6 Å². The van der Waals surface area contributed by atoms with E-state index in [9.17, 15) is 19.7 Å². The Hall–Kier alpha value is -2.35. The third-order valence-corrected chi connectivity index (χ3v) is 2.96. The Morgan fingerprint density at radius 2 is 1.96 bits per heavy atom. The number of nitrogens with zero attached hydrogens (tertiary/aromatic N) is 2. The van der Waals surface area contributed by atoms with Crippen molar-refractivity contribution in [3.05, 3.63) is 33.3 Å². The Balaban J connectivity index is 2.69. The Kier molecular flexibility index (Phi) is 5.91. The standard InChI is InChI=1S/C14H19ClN4O4/c1-14(2,3)17-12(20)8-18(4)13(21)16-11-6-5-9(19(22)23)7-10(11)15/h5-7H,8H2,1-4H3,(H,16,21)(H,17,20). The molecule has 1 rings (SSSR count). The van der Waals surface area contributed by atoms with Gasteiger partial charge in [-0.2, -0.15) is 0 Å². The lowest BCUT2D eigenvalue weighted by Crippen LogP contribution is -2.47. The molecule has 1 aromatic carbocycles. The zero-order valence-corrected chi connectivity index (χ0v) is 14.1. The average Bonchev–Trinajstić information content (AvgIpc) is 2.38. The van der Waals surface area contributed by atoms with Crippen molar-refractivity contribution >= 4 is 34.9 Å². The van der Waals surface area contributed by atoms with E-state index in [4.69, 9.17) is 11.6 Å². The van der Waals surface area contributed by atoms with Crippen LogP contribution < -0.4 is 10.6 Å². The van der Waals surface area contributed by atoms with Gasteiger partial charge in [-0.05, 0) is 26.8 Å². The molecule has 0 radical (unpaired) electrons. The maximum absolute atomic E-state index is 12.0. The second-order valence-electron chi connectivity index (χ2n) is 6.01. The van der Waals surface area contributed by atoms with Crippen molar-refractivity contribution in [3.8, 4) is 0 Å². The molecule has 0 spiro atoms. The van der Waals surface area contributed by atoms with Crippen LogP contribution in [-0.2, 0) is 4.79 Å². The van der Waals surface area contributed by atoms with Gasteiger partial charge in [0.25, 0.3) is 5.69 Å². The van der Waals surface area contributed by atoms with Gasteiger partial charge in [-0.1, -0.05) is 11.6 Å². The van der Waals surface area contributed by atoms with Crippen LogP contribution in [0.5, 0.6) is 0 Å². The molecule has 0 saturated heterocycles. The van der Waals surface area contributed by atoms with Gasteiger partial charge in [0.1, 0.15) is 6.54 Å². The van der Waals surface area contributed by atoms with Gasteiger partial charge in [-0.25, -0.2) is 4.79 Å². The minimum Gasteiger partial charge on any atom is -0.350 e. The summed E-state index contributed by atoms with van der Waals surface area (Å²) in [7, 11) is 1.46. The largest absolute Gasteiger partial charge is 0.350 e. The molecule has 0 unspecified atom stereocenters. The molecule has 0 aliphatic heterocycles. The number of hydrogen-bond acceptors (Lipinski definition) is 4. The summed E-state index contributed by atoms with van der Waals surface area (Å²) in [4.78, 5) is 35.0. The van der Waals surface area contributed by atoms with Crippen LogP contribution in [0, 0.1) is 10.1 Å². The monoisotopic (exact) mass is 342 g/mol. The van der Waals surface area contributed by atoms with Gasteiger partial charge in [-0.15, -0.1) is 0 Å². The highest BCUT2D eigenvalue weighted by Crippen LogP contribution is 2.26. The topological polar surface area (TPSA) is 105 Å². The van der Waals surface area contributed by atoms with Crippen molar-refractivity contribution < 1.29 is 14.5 Å². The first-order valence-electron chi connectivity index (χ1n) is 6.76. The maximum Gasteiger partial charge on any atom is 0.322 e. The van der Waals surface area contributed by atoms with E-state index in [1.807, 2.05) is 20.8 Å². The molecule has 23 heavy (non-hydrogen) atoms. The fourth-order valence-electron chi connectivity index (χ4n) is 1.67. The summed E-state index contributed by atoms with van der Waals surface area (Å²) in [5.74, 6) is -0.301. The highest BCUT2D eigenvalue weighted by Gasteiger charge is 2.19. The molecule has 0 aliphatic rings. The number of hydrogen-bond donors (Lipinski definition) is 2. The predicted octanol–water partition coefficient (Wildman–Crippen LogP) is 2.63. The molecule has 3 amide bonds. The number of nitro groups is 1. The molecule has 0 atom stereocenters. The first kappa shape index (κ1) is 18.7. The molecule has 0 bridgehead atoms. The first-order chi connectivity index (χ1) is 10.5. The van der Waals surface area contributed by atoms with E-state index in [-0.39, 0.29) is 28.8 Å². The second kappa shape index (κ2) is 7.28.